The number of rotatable bonds is 4. The van der Waals surface area contributed by atoms with E-state index in [0.717, 1.165) is 49.3 Å². The Labute approximate surface area is 159 Å². The fourth-order valence-corrected chi connectivity index (χ4v) is 3.65. The van der Waals surface area contributed by atoms with Crippen LogP contribution in [0.25, 0.3) is 0 Å². The molecule has 3 rings (SSSR count). The molecule has 0 N–H and O–H groups in total. The van der Waals surface area contributed by atoms with E-state index in [4.69, 9.17) is 0 Å². The summed E-state index contributed by atoms with van der Waals surface area (Å²) in [6.45, 7) is 2.57. The van der Waals surface area contributed by atoms with Gasteiger partial charge in [-0.15, -0.1) is 0 Å². The zero-order valence-corrected chi connectivity index (χ0v) is 16.0. The molecular formula is C18H20BrF3N4. The molecule has 1 aliphatic heterocycles. The van der Waals surface area contributed by atoms with Crippen LogP contribution >= 0.6 is 15.9 Å². The molecule has 0 spiro atoms. The van der Waals surface area contributed by atoms with E-state index in [1.54, 1.807) is 7.05 Å². The average molecular weight is 429 g/mol. The highest BCUT2D eigenvalue weighted by molar-refractivity contribution is 9.10. The number of hydrogen-bond acceptors (Lipinski definition) is 4. The van der Waals surface area contributed by atoms with Gasteiger partial charge in [0, 0.05) is 36.7 Å². The second-order valence-electron chi connectivity index (χ2n) is 6.49. The van der Waals surface area contributed by atoms with E-state index in [1.165, 1.54) is 5.56 Å². The van der Waals surface area contributed by atoms with Crippen LogP contribution in [0.1, 0.15) is 24.1 Å². The largest absolute Gasteiger partial charge is 0.433 e. The Morgan fingerprint density at radius 1 is 1.27 bits per heavy atom. The highest BCUT2D eigenvalue weighted by Gasteiger charge is 2.34. The maximum Gasteiger partial charge on any atom is 0.433 e. The van der Waals surface area contributed by atoms with Crippen molar-refractivity contribution in [2.24, 2.45) is 0 Å². The monoisotopic (exact) mass is 428 g/mol. The van der Waals surface area contributed by atoms with Gasteiger partial charge < -0.3 is 4.90 Å². The molecule has 2 aromatic rings. The predicted octanol–water partition coefficient (Wildman–Crippen LogP) is 4.36. The lowest BCUT2D eigenvalue weighted by atomic mass is 10.0. The molecule has 140 valence electrons. The van der Waals surface area contributed by atoms with Crippen LogP contribution in [-0.4, -0.2) is 41.0 Å². The summed E-state index contributed by atoms with van der Waals surface area (Å²) >= 11 is 3.57. The molecule has 1 atom stereocenters. The number of anilines is 1. The standard InChI is InChI=1S/C18H20BrF3N4/c1-25(17-9-16(18(20,21)22)23-12-24-17)14-6-4-8-26(11-14)10-13-5-2-3-7-15(13)19/h2-3,5,7,9,12,14H,4,6,8,10-11H2,1H3. The van der Waals surface area contributed by atoms with Crippen LogP contribution in [0, 0.1) is 0 Å². The highest BCUT2D eigenvalue weighted by Crippen LogP contribution is 2.30. The fraction of sp³-hybridized carbons (Fsp3) is 0.444. The Hall–Kier alpha value is -1.67. The van der Waals surface area contributed by atoms with Crippen molar-refractivity contribution < 1.29 is 13.2 Å². The summed E-state index contributed by atoms with van der Waals surface area (Å²) in [6, 6.07) is 9.22. The third-order valence-electron chi connectivity index (χ3n) is 4.68. The van der Waals surface area contributed by atoms with Crippen LogP contribution in [0.5, 0.6) is 0 Å². The number of piperidine rings is 1. The normalized spacial score (nSPS) is 18.7. The first-order chi connectivity index (χ1) is 12.3. The molecule has 0 saturated carbocycles. The Balaban J connectivity index is 1.70. The topological polar surface area (TPSA) is 32.3 Å². The molecule has 2 heterocycles. The Bertz CT molecular complexity index is 753. The van der Waals surface area contributed by atoms with Crippen molar-refractivity contribution in [3.8, 4) is 0 Å². The molecule has 0 radical (unpaired) electrons. The van der Waals surface area contributed by atoms with E-state index in [9.17, 15) is 13.2 Å². The van der Waals surface area contributed by atoms with Gasteiger partial charge in [0.25, 0.3) is 0 Å². The molecule has 1 aliphatic rings. The first-order valence-corrected chi connectivity index (χ1v) is 9.21. The molecule has 26 heavy (non-hydrogen) atoms. The molecule has 1 aromatic carbocycles. The van der Waals surface area contributed by atoms with Gasteiger partial charge >= 0.3 is 6.18 Å². The predicted molar refractivity (Wildman–Crippen MR) is 97.9 cm³/mol. The molecule has 8 heteroatoms. The lowest BCUT2D eigenvalue weighted by Gasteiger charge is -2.38. The second-order valence-corrected chi connectivity index (χ2v) is 7.35. The van der Waals surface area contributed by atoms with Crippen LogP contribution in [0.2, 0.25) is 0 Å². The van der Waals surface area contributed by atoms with Gasteiger partial charge in [0.15, 0.2) is 0 Å². The van der Waals surface area contributed by atoms with Crippen molar-refractivity contribution in [1.82, 2.24) is 14.9 Å². The number of aromatic nitrogens is 2. The van der Waals surface area contributed by atoms with Gasteiger partial charge in [-0.1, -0.05) is 34.1 Å². The molecule has 1 fully saturated rings. The third-order valence-corrected chi connectivity index (χ3v) is 5.46. The zero-order chi connectivity index (χ0) is 18.7. The third kappa shape index (κ3) is 4.54. The lowest BCUT2D eigenvalue weighted by Crippen LogP contribution is -2.46. The molecule has 1 unspecified atom stereocenters. The van der Waals surface area contributed by atoms with Gasteiger partial charge in [0.1, 0.15) is 17.8 Å². The van der Waals surface area contributed by atoms with Crippen molar-refractivity contribution in [2.75, 3.05) is 25.0 Å². The quantitative estimate of drug-likeness (QED) is 0.723. The Kier molecular flexibility index (Phi) is 5.82. The van der Waals surface area contributed by atoms with Gasteiger partial charge in [-0.05, 0) is 31.0 Å². The number of alkyl halides is 3. The molecule has 1 saturated heterocycles. The zero-order valence-electron chi connectivity index (χ0n) is 14.4. The van der Waals surface area contributed by atoms with Gasteiger partial charge in [0.2, 0.25) is 0 Å². The van der Waals surface area contributed by atoms with Gasteiger partial charge in [-0.25, -0.2) is 9.97 Å². The second kappa shape index (κ2) is 7.92. The van der Waals surface area contributed by atoms with Gasteiger partial charge in [-0.3, -0.25) is 4.90 Å². The van der Waals surface area contributed by atoms with Crippen LogP contribution in [0.3, 0.4) is 0 Å². The molecule has 0 bridgehead atoms. The van der Waals surface area contributed by atoms with E-state index >= 15 is 0 Å². The minimum atomic E-state index is -4.46. The number of likely N-dealkylation sites (N-methyl/N-ethyl adjacent to an activating group) is 1. The summed E-state index contributed by atoms with van der Waals surface area (Å²) < 4.78 is 39.8. The molecule has 4 nitrogen and oxygen atoms in total. The number of likely N-dealkylation sites (tertiary alicyclic amines) is 1. The average Bonchev–Trinajstić information content (AvgIpc) is 2.63. The molecule has 0 aliphatic carbocycles. The number of halogens is 4. The minimum absolute atomic E-state index is 0.113. The van der Waals surface area contributed by atoms with Crippen molar-refractivity contribution >= 4 is 21.7 Å². The summed E-state index contributed by atoms with van der Waals surface area (Å²) in [7, 11) is 1.80. The van der Waals surface area contributed by atoms with Crippen LogP contribution in [0.15, 0.2) is 41.1 Å². The van der Waals surface area contributed by atoms with Crippen LogP contribution < -0.4 is 4.90 Å². The maximum atomic E-state index is 12.9. The first-order valence-electron chi connectivity index (χ1n) is 8.42. The van der Waals surface area contributed by atoms with E-state index < -0.39 is 11.9 Å². The van der Waals surface area contributed by atoms with Crippen molar-refractivity contribution in [3.05, 3.63) is 52.4 Å². The van der Waals surface area contributed by atoms with E-state index in [2.05, 4.69) is 36.9 Å². The maximum absolute atomic E-state index is 12.9. The number of benzene rings is 1. The Morgan fingerprint density at radius 3 is 2.77 bits per heavy atom. The van der Waals surface area contributed by atoms with Gasteiger partial charge in [-0.2, -0.15) is 13.2 Å². The summed E-state index contributed by atoms with van der Waals surface area (Å²) in [4.78, 5) is 11.5. The van der Waals surface area contributed by atoms with Crippen molar-refractivity contribution in [3.63, 3.8) is 0 Å². The summed E-state index contributed by atoms with van der Waals surface area (Å²) in [5.41, 5.74) is 0.299. The van der Waals surface area contributed by atoms with Gasteiger partial charge in [0.05, 0.1) is 0 Å². The molecular weight excluding hydrogens is 409 g/mol. The lowest BCUT2D eigenvalue weighted by molar-refractivity contribution is -0.141. The van der Waals surface area contributed by atoms with E-state index in [-0.39, 0.29) is 6.04 Å². The van der Waals surface area contributed by atoms with Crippen molar-refractivity contribution in [1.29, 1.82) is 0 Å². The highest BCUT2D eigenvalue weighted by atomic mass is 79.9. The summed E-state index contributed by atoms with van der Waals surface area (Å²) in [5.74, 6) is 0.306. The van der Waals surface area contributed by atoms with Crippen LogP contribution in [-0.2, 0) is 12.7 Å². The smallest absolute Gasteiger partial charge is 0.355 e. The Morgan fingerprint density at radius 2 is 2.04 bits per heavy atom. The van der Waals surface area contributed by atoms with Crippen LogP contribution in [0.4, 0.5) is 19.0 Å². The van der Waals surface area contributed by atoms with E-state index in [1.807, 2.05) is 23.1 Å². The summed E-state index contributed by atoms with van der Waals surface area (Å²) in [5, 5.41) is 0. The first kappa shape index (κ1) is 19.1. The number of nitrogens with zero attached hydrogens (tertiary/aromatic N) is 4. The SMILES string of the molecule is CN(c1cc(C(F)(F)F)ncn1)C1CCCN(Cc2ccccc2Br)C1. The summed E-state index contributed by atoms with van der Waals surface area (Å²) in [6.07, 6.45) is -1.56. The number of hydrogen-bond donors (Lipinski definition) is 0. The molecule has 0 amide bonds. The fourth-order valence-electron chi connectivity index (χ4n) is 3.24. The van der Waals surface area contributed by atoms with Crippen molar-refractivity contribution in [2.45, 2.75) is 31.6 Å². The minimum Gasteiger partial charge on any atom is -0.355 e. The van der Waals surface area contributed by atoms with E-state index in [0.29, 0.717) is 5.82 Å². The molecule has 1 aromatic heterocycles.